The van der Waals surface area contributed by atoms with E-state index in [1.54, 1.807) is 12.1 Å². The van der Waals surface area contributed by atoms with E-state index in [2.05, 4.69) is 0 Å². The second-order valence-electron chi connectivity index (χ2n) is 7.66. The Morgan fingerprint density at radius 1 is 1.06 bits per heavy atom. The molecule has 0 spiro atoms. The Kier molecular flexibility index (Phi) is 5.99. The van der Waals surface area contributed by atoms with Gasteiger partial charge in [0.1, 0.15) is 17.2 Å². The molecule has 0 aliphatic carbocycles. The maximum atomic E-state index is 13.1. The molecule has 0 aromatic heterocycles. The average Bonchev–Trinajstić information content (AvgIpc) is 2.78. The van der Waals surface area contributed by atoms with E-state index in [4.69, 9.17) is 4.74 Å². The standard InChI is InChI=1S/C20H20F3N3O6S/c21-20(22,23)14-5-6-18(17(11-14)26(28)29)33(30,31)24-9-7-15(8-10-24)25-16-4-2-1-3-13(16)12-32-19(25)27/h1-6,11,15,28-29H,7-10,12H2. The molecular formula is C20H20F3N3O6S. The highest BCUT2D eigenvalue weighted by atomic mass is 32.2. The molecule has 2 aromatic rings. The van der Waals surface area contributed by atoms with Gasteiger partial charge in [0.05, 0.1) is 11.3 Å². The molecular weight excluding hydrogens is 467 g/mol. The number of amides is 1. The van der Waals surface area contributed by atoms with E-state index in [1.807, 2.05) is 12.1 Å². The van der Waals surface area contributed by atoms with Crippen LogP contribution in [0.15, 0.2) is 47.4 Å². The number of rotatable bonds is 4. The summed E-state index contributed by atoms with van der Waals surface area (Å²) >= 11 is 0. The van der Waals surface area contributed by atoms with Gasteiger partial charge in [-0.3, -0.25) is 15.3 Å². The van der Waals surface area contributed by atoms with Gasteiger partial charge in [-0.25, -0.2) is 13.2 Å². The molecule has 0 bridgehead atoms. The largest absolute Gasteiger partial charge is 0.444 e. The smallest absolute Gasteiger partial charge is 0.416 e. The lowest BCUT2D eigenvalue weighted by Gasteiger charge is -2.39. The fourth-order valence-corrected chi connectivity index (χ4v) is 5.68. The molecule has 2 heterocycles. The van der Waals surface area contributed by atoms with Crippen molar-refractivity contribution in [3.8, 4) is 0 Å². The van der Waals surface area contributed by atoms with Crippen LogP contribution in [0.4, 0.5) is 29.3 Å². The number of carbonyl (C=O) groups is 1. The Morgan fingerprint density at radius 2 is 1.73 bits per heavy atom. The van der Waals surface area contributed by atoms with Crippen molar-refractivity contribution in [3.05, 3.63) is 53.6 Å². The second-order valence-corrected chi connectivity index (χ2v) is 9.56. The van der Waals surface area contributed by atoms with Crippen LogP contribution in [0, 0.1) is 0 Å². The van der Waals surface area contributed by atoms with Gasteiger partial charge < -0.3 is 4.74 Å². The van der Waals surface area contributed by atoms with Crippen molar-refractivity contribution in [2.24, 2.45) is 0 Å². The number of carbonyl (C=O) groups excluding carboxylic acids is 1. The summed E-state index contributed by atoms with van der Waals surface area (Å²) in [5, 5.41) is 18.1. The molecule has 2 aliphatic rings. The van der Waals surface area contributed by atoms with Crippen molar-refractivity contribution in [1.82, 2.24) is 4.31 Å². The number of nitrogens with zero attached hydrogens (tertiary/aromatic N) is 3. The molecule has 2 aliphatic heterocycles. The van der Waals surface area contributed by atoms with Gasteiger partial charge in [0.15, 0.2) is 0 Å². The Hall–Kier alpha value is -2.87. The molecule has 9 nitrogen and oxygen atoms in total. The van der Waals surface area contributed by atoms with Crippen LogP contribution in [0.3, 0.4) is 0 Å². The molecule has 2 aromatic carbocycles. The van der Waals surface area contributed by atoms with Gasteiger partial charge in [0.2, 0.25) is 10.0 Å². The Morgan fingerprint density at radius 3 is 2.36 bits per heavy atom. The van der Waals surface area contributed by atoms with E-state index in [1.165, 1.54) is 4.90 Å². The van der Waals surface area contributed by atoms with Crippen LogP contribution in [-0.4, -0.2) is 48.4 Å². The molecule has 13 heteroatoms. The summed E-state index contributed by atoms with van der Waals surface area (Å²) in [7, 11) is -4.36. The number of alkyl halides is 3. The summed E-state index contributed by atoms with van der Waals surface area (Å²) in [5.41, 5.74) is -0.630. The van der Waals surface area contributed by atoms with Gasteiger partial charge in [-0.2, -0.15) is 17.5 Å². The first-order valence-corrected chi connectivity index (χ1v) is 11.4. The monoisotopic (exact) mass is 487 g/mol. The van der Waals surface area contributed by atoms with Crippen LogP contribution in [0.2, 0.25) is 0 Å². The topological polar surface area (TPSA) is 111 Å². The van der Waals surface area contributed by atoms with Crippen LogP contribution < -0.4 is 10.1 Å². The van der Waals surface area contributed by atoms with Gasteiger partial charge in [-0.05, 0) is 37.1 Å². The lowest BCUT2D eigenvalue weighted by molar-refractivity contribution is -0.137. The third-order valence-electron chi connectivity index (χ3n) is 5.71. The summed E-state index contributed by atoms with van der Waals surface area (Å²) in [6, 6.07) is 8.47. The normalized spacial score (nSPS) is 18.1. The highest BCUT2D eigenvalue weighted by molar-refractivity contribution is 7.89. The SMILES string of the molecule is O=C1OCc2ccccc2N1C1CCN(S(=O)(=O)c2ccc(C(F)(F)F)cc2N(O)O)CC1. The summed E-state index contributed by atoms with van der Waals surface area (Å²) in [6.07, 6.45) is -4.83. The van der Waals surface area contributed by atoms with Crippen LogP contribution in [-0.2, 0) is 27.5 Å². The predicted molar refractivity (Wildman–Crippen MR) is 108 cm³/mol. The van der Waals surface area contributed by atoms with E-state index in [9.17, 15) is 36.8 Å². The first-order valence-electron chi connectivity index (χ1n) is 9.93. The Labute approximate surface area is 187 Å². The number of hydrogen-bond acceptors (Lipinski definition) is 7. The fourth-order valence-electron chi connectivity index (χ4n) is 4.07. The van der Waals surface area contributed by atoms with Gasteiger partial charge in [0, 0.05) is 24.7 Å². The molecule has 178 valence electrons. The number of fused-ring (bicyclic) bond motifs is 1. The second kappa shape index (κ2) is 8.48. The molecule has 33 heavy (non-hydrogen) atoms. The van der Waals surface area contributed by atoms with Crippen LogP contribution in [0.25, 0.3) is 0 Å². The number of ether oxygens (including phenoxy) is 1. The van der Waals surface area contributed by atoms with Crippen molar-refractivity contribution in [2.75, 3.05) is 23.2 Å². The number of piperidine rings is 1. The summed E-state index contributed by atoms with van der Waals surface area (Å²) in [5.74, 6) is 0. The zero-order valence-corrected chi connectivity index (χ0v) is 17.9. The first kappa shape index (κ1) is 23.3. The zero-order valence-electron chi connectivity index (χ0n) is 17.1. The van der Waals surface area contributed by atoms with Gasteiger partial charge in [-0.15, -0.1) is 5.23 Å². The number of para-hydroxylation sites is 1. The van der Waals surface area contributed by atoms with Crippen LogP contribution >= 0.6 is 0 Å². The van der Waals surface area contributed by atoms with Crippen molar-refractivity contribution < 1.29 is 41.5 Å². The van der Waals surface area contributed by atoms with Gasteiger partial charge in [0.25, 0.3) is 0 Å². The maximum Gasteiger partial charge on any atom is 0.416 e. The summed E-state index contributed by atoms with van der Waals surface area (Å²) < 4.78 is 71.4. The molecule has 2 N–H and O–H groups in total. The third kappa shape index (κ3) is 4.36. The van der Waals surface area contributed by atoms with Crippen molar-refractivity contribution >= 4 is 27.5 Å². The van der Waals surface area contributed by atoms with Crippen molar-refractivity contribution in [2.45, 2.75) is 36.6 Å². The van der Waals surface area contributed by atoms with E-state index < -0.39 is 43.7 Å². The van der Waals surface area contributed by atoms with E-state index >= 15 is 0 Å². The Bertz CT molecular complexity index is 1160. The number of anilines is 2. The number of cyclic esters (lactones) is 1. The molecule has 0 saturated carbocycles. The van der Waals surface area contributed by atoms with E-state index in [0.29, 0.717) is 23.9 Å². The molecule has 0 unspecified atom stereocenters. The highest BCUT2D eigenvalue weighted by Gasteiger charge is 2.39. The molecule has 1 fully saturated rings. The maximum absolute atomic E-state index is 13.1. The lowest BCUT2D eigenvalue weighted by Crippen LogP contribution is -2.50. The zero-order chi connectivity index (χ0) is 24.0. The highest BCUT2D eigenvalue weighted by Crippen LogP contribution is 2.37. The Balaban J connectivity index is 1.56. The third-order valence-corrected chi connectivity index (χ3v) is 7.65. The van der Waals surface area contributed by atoms with E-state index in [-0.39, 0.29) is 38.6 Å². The molecule has 4 rings (SSSR count). The van der Waals surface area contributed by atoms with Gasteiger partial charge in [-0.1, -0.05) is 18.2 Å². The number of benzene rings is 2. The predicted octanol–water partition coefficient (Wildman–Crippen LogP) is 3.60. The lowest BCUT2D eigenvalue weighted by atomic mass is 10.0. The molecule has 1 amide bonds. The van der Waals surface area contributed by atoms with E-state index in [0.717, 1.165) is 9.87 Å². The number of halogens is 3. The summed E-state index contributed by atoms with van der Waals surface area (Å²) in [4.78, 5) is 13.2. The fraction of sp³-hybridized carbons (Fsp3) is 0.350. The molecule has 0 radical (unpaired) electrons. The van der Waals surface area contributed by atoms with Crippen LogP contribution in [0.1, 0.15) is 24.0 Å². The molecule has 1 saturated heterocycles. The quantitative estimate of drug-likeness (QED) is 0.634. The number of hydrogen-bond donors (Lipinski definition) is 2. The van der Waals surface area contributed by atoms with Crippen molar-refractivity contribution in [1.29, 1.82) is 0 Å². The molecule has 0 atom stereocenters. The minimum absolute atomic E-state index is 0.0315. The summed E-state index contributed by atoms with van der Waals surface area (Å²) in [6.45, 7) is 0.0841. The van der Waals surface area contributed by atoms with Gasteiger partial charge >= 0.3 is 12.3 Å². The van der Waals surface area contributed by atoms with Crippen LogP contribution in [0.5, 0.6) is 0 Å². The number of sulfonamides is 1. The minimum Gasteiger partial charge on any atom is -0.444 e. The van der Waals surface area contributed by atoms with Crippen molar-refractivity contribution in [3.63, 3.8) is 0 Å². The minimum atomic E-state index is -4.80. The average molecular weight is 487 g/mol. The first-order chi connectivity index (χ1) is 15.5.